The number of nitro groups is 1. The fourth-order valence-corrected chi connectivity index (χ4v) is 2.19. The lowest BCUT2D eigenvalue weighted by Crippen LogP contribution is -2.04. The summed E-state index contributed by atoms with van der Waals surface area (Å²) in [4.78, 5) is 24.8. The maximum Gasteiger partial charge on any atom is 0.342 e. The molecule has 9 nitrogen and oxygen atoms in total. The number of aromatic nitrogens is 4. The first kappa shape index (κ1) is 13.9. The highest BCUT2D eigenvalue weighted by atomic mass is 32.2. The van der Waals surface area contributed by atoms with Crippen LogP contribution in [0.2, 0.25) is 0 Å². The van der Waals surface area contributed by atoms with Crippen molar-refractivity contribution in [3.63, 3.8) is 0 Å². The van der Waals surface area contributed by atoms with Crippen LogP contribution in [0.4, 0.5) is 5.69 Å². The van der Waals surface area contributed by atoms with Gasteiger partial charge in [0.05, 0.1) is 4.92 Å². The number of rotatable bonds is 4. The van der Waals surface area contributed by atoms with Gasteiger partial charge in [0.1, 0.15) is 22.6 Å². The number of carboxylic acids is 1. The number of nitrogens with zero attached hydrogens (tertiary/aromatic N) is 5. The summed E-state index contributed by atoms with van der Waals surface area (Å²) < 4.78 is 1.70. The molecule has 104 valence electrons. The number of hydrogen-bond acceptors (Lipinski definition) is 7. The molecule has 20 heavy (non-hydrogen) atoms. The van der Waals surface area contributed by atoms with Gasteiger partial charge in [-0.2, -0.15) is 0 Å². The first-order valence-corrected chi connectivity index (χ1v) is 6.13. The molecular weight excluding hydrogens is 286 g/mol. The number of aromatic carboxylic acids is 1. The number of carbonyl (C=O) groups is 1. The van der Waals surface area contributed by atoms with E-state index < -0.39 is 22.1 Å². The Bertz CT molecular complexity index is 699. The van der Waals surface area contributed by atoms with Gasteiger partial charge in [-0.05, 0) is 24.8 Å². The van der Waals surface area contributed by atoms with Gasteiger partial charge in [-0.15, -0.1) is 10.2 Å². The molecule has 0 fully saturated rings. The van der Waals surface area contributed by atoms with Gasteiger partial charge < -0.3 is 9.67 Å². The van der Waals surface area contributed by atoms with Gasteiger partial charge in [-0.1, -0.05) is 0 Å². The Balaban J connectivity index is 2.39. The number of aryl methyl sites for hydroxylation is 1. The van der Waals surface area contributed by atoms with Gasteiger partial charge in [-0.3, -0.25) is 10.1 Å². The zero-order valence-corrected chi connectivity index (χ0v) is 11.3. The van der Waals surface area contributed by atoms with Crippen LogP contribution in [0.15, 0.2) is 22.4 Å². The molecule has 2 aromatic rings. The lowest BCUT2D eigenvalue weighted by molar-refractivity contribution is -0.385. The minimum Gasteiger partial charge on any atom is -0.477 e. The molecule has 0 atom stereocenters. The molecule has 0 aliphatic rings. The predicted molar refractivity (Wildman–Crippen MR) is 67.7 cm³/mol. The highest BCUT2D eigenvalue weighted by molar-refractivity contribution is 7.99. The molecule has 0 aromatic carbocycles. The van der Waals surface area contributed by atoms with Crippen LogP contribution in [0.3, 0.4) is 0 Å². The summed E-state index contributed by atoms with van der Waals surface area (Å²) in [6.45, 7) is 1.77. The van der Waals surface area contributed by atoms with Crippen molar-refractivity contribution in [3.05, 3.63) is 33.8 Å². The molecule has 0 aliphatic carbocycles. The quantitative estimate of drug-likeness (QED) is 0.660. The molecule has 1 N–H and O–H groups in total. The molecule has 2 aromatic heterocycles. The van der Waals surface area contributed by atoms with E-state index in [0.717, 1.165) is 24.0 Å². The maximum absolute atomic E-state index is 11.0. The SMILES string of the molecule is Cc1nnc(Sc2cc(C(=O)O)c([N+](=O)[O-])cn2)n1C. The van der Waals surface area contributed by atoms with E-state index in [1.807, 2.05) is 0 Å². The smallest absolute Gasteiger partial charge is 0.342 e. The van der Waals surface area contributed by atoms with E-state index in [1.54, 1.807) is 18.5 Å². The molecule has 2 heterocycles. The average molecular weight is 295 g/mol. The first-order chi connectivity index (χ1) is 9.40. The van der Waals surface area contributed by atoms with Crippen LogP contribution in [0.1, 0.15) is 16.2 Å². The monoisotopic (exact) mass is 295 g/mol. The van der Waals surface area contributed by atoms with Crippen LogP contribution in [0.25, 0.3) is 0 Å². The van der Waals surface area contributed by atoms with Gasteiger partial charge in [0.15, 0.2) is 5.16 Å². The Labute approximate surface area is 116 Å². The van der Waals surface area contributed by atoms with Crippen molar-refractivity contribution in [2.75, 3.05) is 0 Å². The maximum atomic E-state index is 11.0. The third-order valence-corrected chi connectivity index (χ3v) is 3.50. The first-order valence-electron chi connectivity index (χ1n) is 5.31. The highest BCUT2D eigenvalue weighted by Crippen LogP contribution is 2.28. The minimum atomic E-state index is -1.38. The molecule has 0 aliphatic heterocycles. The Morgan fingerprint density at radius 2 is 2.20 bits per heavy atom. The zero-order valence-electron chi connectivity index (χ0n) is 10.5. The summed E-state index contributed by atoms with van der Waals surface area (Å²) in [6, 6.07) is 1.15. The molecule has 0 saturated carbocycles. The van der Waals surface area contributed by atoms with E-state index in [2.05, 4.69) is 15.2 Å². The molecular formula is C10H9N5O4S. The Kier molecular flexibility index (Phi) is 3.66. The van der Waals surface area contributed by atoms with Crippen molar-refractivity contribution >= 4 is 23.4 Å². The predicted octanol–water partition coefficient (Wildman–Crippen LogP) is 1.28. The Morgan fingerprint density at radius 3 is 2.70 bits per heavy atom. The van der Waals surface area contributed by atoms with Crippen LogP contribution in [-0.4, -0.2) is 35.7 Å². The minimum absolute atomic E-state index is 0.295. The molecule has 0 saturated heterocycles. The van der Waals surface area contributed by atoms with Gasteiger partial charge in [-0.25, -0.2) is 9.78 Å². The average Bonchev–Trinajstić information content (AvgIpc) is 2.70. The molecule has 0 bridgehead atoms. The number of hydrogen-bond donors (Lipinski definition) is 1. The lowest BCUT2D eigenvalue weighted by Gasteiger charge is -2.02. The van der Waals surface area contributed by atoms with E-state index in [-0.39, 0.29) is 0 Å². The molecule has 0 radical (unpaired) electrons. The van der Waals surface area contributed by atoms with E-state index in [4.69, 9.17) is 5.11 Å². The highest BCUT2D eigenvalue weighted by Gasteiger charge is 2.22. The molecule has 0 spiro atoms. The molecule has 10 heteroatoms. The van der Waals surface area contributed by atoms with Crippen LogP contribution < -0.4 is 0 Å². The second-order valence-corrected chi connectivity index (χ2v) is 4.78. The van der Waals surface area contributed by atoms with Crippen molar-refractivity contribution in [1.82, 2.24) is 19.7 Å². The van der Waals surface area contributed by atoms with Crippen LogP contribution in [-0.2, 0) is 7.05 Å². The van der Waals surface area contributed by atoms with E-state index in [9.17, 15) is 14.9 Å². The van der Waals surface area contributed by atoms with Crippen molar-refractivity contribution < 1.29 is 14.8 Å². The van der Waals surface area contributed by atoms with Gasteiger partial charge in [0.2, 0.25) is 0 Å². The Morgan fingerprint density at radius 1 is 1.50 bits per heavy atom. The molecule has 0 unspecified atom stereocenters. The standard InChI is InChI=1S/C10H9N5O4S/c1-5-12-13-10(14(5)2)20-8-3-6(9(16)17)7(4-11-8)15(18)19/h3-4H,1-2H3,(H,16,17). The summed E-state index contributed by atoms with van der Waals surface area (Å²) in [5.74, 6) is -0.692. The number of carboxylic acid groups (broad SMARTS) is 1. The van der Waals surface area contributed by atoms with E-state index in [1.165, 1.54) is 0 Å². The summed E-state index contributed by atoms with van der Waals surface area (Å²) in [7, 11) is 1.75. The third kappa shape index (κ3) is 2.59. The number of pyridine rings is 1. The topological polar surface area (TPSA) is 124 Å². The summed E-state index contributed by atoms with van der Waals surface area (Å²) >= 11 is 1.08. The fourth-order valence-electron chi connectivity index (χ4n) is 1.37. The Hall–Kier alpha value is -2.49. The van der Waals surface area contributed by atoms with Crippen LogP contribution >= 0.6 is 11.8 Å². The summed E-state index contributed by atoms with van der Waals surface area (Å²) in [5.41, 5.74) is -0.956. The normalized spacial score (nSPS) is 10.5. The van der Waals surface area contributed by atoms with Crippen molar-refractivity contribution in [2.45, 2.75) is 17.1 Å². The van der Waals surface area contributed by atoms with Crippen molar-refractivity contribution in [2.24, 2.45) is 7.05 Å². The largest absolute Gasteiger partial charge is 0.477 e. The lowest BCUT2D eigenvalue weighted by atomic mass is 10.2. The van der Waals surface area contributed by atoms with Crippen LogP contribution in [0, 0.1) is 17.0 Å². The van der Waals surface area contributed by atoms with E-state index in [0.29, 0.717) is 16.0 Å². The van der Waals surface area contributed by atoms with E-state index >= 15 is 0 Å². The third-order valence-electron chi connectivity index (χ3n) is 2.53. The zero-order chi connectivity index (χ0) is 14.9. The molecule has 2 rings (SSSR count). The fraction of sp³-hybridized carbons (Fsp3) is 0.200. The second-order valence-electron chi connectivity index (χ2n) is 3.79. The summed E-state index contributed by atoms with van der Waals surface area (Å²) in [5, 5.41) is 28.3. The van der Waals surface area contributed by atoms with Gasteiger partial charge >= 0.3 is 11.7 Å². The van der Waals surface area contributed by atoms with Crippen molar-refractivity contribution in [1.29, 1.82) is 0 Å². The van der Waals surface area contributed by atoms with Crippen LogP contribution in [0.5, 0.6) is 0 Å². The van der Waals surface area contributed by atoms with Crippen molar-refractivity contribution in [3.8, 4) is 0 Å². The van der Waals surface area contributed by atoms with Gasteiger partial charge in [0.25, 0.3) is 0 Å². The summed E-state index contributed by atoms with van der Waals surface area (Å²) in [6.07, 6.45) is 0.926. The second kappa shape index (κ2) is 5.25. The van der Waals surface area contributed by atoms with Gasteiger partial charge in [0, 0.05) is 7.05 Å². The molecule has 0 amide bonds.